The summed E-state index contributed by atoms with van der Waals surface area (Å²) >= 11 is 1.64. The van der Waals surface area contributed by atoms with Crippen molar-refractivity contribution in [2.24, 2.45) is 0 Å². The molecule has 6 rings (SSSR count). The Labute approximate surface area is 167 Å². The number of aromatic amines is 2. The minimum absolute atomic E-state index is 0.640. The van der Waals surface area contributed by atoms with Crippen molar-refractivity contribution in [3.8, 4) is 33.5 Å². The van der Waals surface area contributed by atoms with E-state index in [-0.39, 0.29) is 0 Å². The molecule has 0 aromatic carbocycles. The summed E-state index contributed by atoms with van der Waals surface area (Å²) < 4.78 is 0. The van der Waals surface area contributed by atoms with Gasteiger partial charge in [-0.25, -0.2) is 9.97 Å². The molecule has 6 aromatic rings. The molecule has 0 amide bonds. The lowest BCUT2D eigenvalue weighted by molar-refractivity contribution is 1.10. The van der Waals surface area contributed by atoms with E-state index in [4.69, 9.17) is 9.97 Å². The Morgan fingerprint density at radius 2 is 1.76 bits per heavy atom. The van der Waals surface area contributed by atoms with E-state index in [1.165, 1.54) is 0 Å². The third-order valence-corrected chi connectivity index (χ3v) is 5.49. The van der Waals surface area contributed by atoms with Crippen LogP contribution in [0.2, 0.25) is 0 Å². The van der Waals surface area contributed by atoms with Crippen LogP contribution in [0.25, 0.3) is 55.5 Å². The Hall–Kier alpha value is -3.98. The molecule has 0 aliphatic carbocycles. The minimum Gasteiger partial charge on any atom is -0.336 e. The molecule has 9 heteroatoms. The van der Waals surface area contributed by atoms with Gasteiger partial charge in [-0.1, -0.05) is 6.07 Å². The molecule has 0 saturated carbocycles. The molecule has 0 saturated heterocycles. The molecule has 138 valence electrons. The Kier molecular flexibility index (Phi) is 3.47. The fourth-order valence-corrected chi connectivity index (χ4v) is 4.00. The number of nitrogens with one attached hydrogen (secondary N) is 2. The van der Waals surface area contributed by atoms with Crippen LogP contribution in [0.3, 0.4) is 0 Å². The SMILES string of the molecule is c1csc(-c2nccc3[nH]c(-c4n[nH]c5ccc(-c6cnccn6)nc45)nc23)c1. The number of hydrogen-bond acceptors (Lipinski definition) is 7. The monoisotopic (exact) mass is 396 g/mol. The van der Waals surface area contributed by atoms with Crippen LogP contribution < -0.4 is 0 Å². The molecule has 0 fully saturated rings. The maximum atomic E-state index is 4.80. The zero-order valence-electron chi connectivity index (χ0n) is 14.9. The first kappa shape index (κ1) is 16.0. The molecule has 0 aliphatic heterocycles. The van der Waals surface area contributed by atoms with Gasteiger partial charge in [-0.05, 0) is 29.6 Å². The van der Waals surface area contributed by atoms with E-state index in [0.717, 1.165) is 38.3 Å². The molecule has 6 heterocycles. The molecular weight excluding hydrogens is 384 g/mol. The van der Waals surface area contributed by atoms with E-state index in [2.05, 4.69) is 30.1 Å². The summed E-state index contributed by atoms with van der Waals surface area (Å²) in [6.45, 7) is 0. The average Bonchev–Trinajstić information content (AvgIpc) is 3.52. The van der Waals surface area contributed by atoms with Gasteiger partial charge in [0.15, 0.2) is 11.5 Å². The van der Waals surface area contributed by atoms with Crippen molar-refractivity contribution >= 4 is 33.4 Å². The second-order valence-corrected chi connectivity index (χ2v) is 7.32. The van der Waals surface area contributed by atoms with Gasteiger partial charge < -0.3 is 4.98 Å². The molecule has 0 radical (unpaired) electrons. The van der Waals surface area contributed by atoms with Gasteiger partial charge in [-0.2, -0.15) is 5.10 Å². The third kappa shape index (κ3) is 2.59. The number of thiophene rings is 1. The number of fused-ring (bicyclic) bond motifs is 2. The molecule has 6 aromatic heterocycles. The quantitative estimate of drug-likeness (QED) is 0.466. The predicted octanol–water partition coefficient (Wildman–Crippen LogP) is 4.08. The summed E-state index contributed by atoms with van der Waals surface area (Å²) in [6, 6.07) is 9.79. The van der Waals surface area contributed by atoms with Crippen molar-refractivity contribution < 1.29 is 0 Å². The summed E-state index contributed by atoms with van der Waals surface area (Å²) in [5, 5.41) is 9.51. The van der Waals surface area contributed by atoms with Crippen LogP contribution >= 0.6 is 11.3 Å². The van der Waals surface area contributed by atoms with Crippen molar-refractivity contribution in [1.82, 2.24) is 40.1 Å². The highest BCUT2D eigenvalue weighted by Gasteiger charge is 2.17. The van der Waals surface area contributed by atoms with Crippen LogP contribution in [0.15, 0.2) is 60.5 Å². The lowest BCUT2D eigenvalue weighted by Gasteiger charge is -1.99. The van der Waals surface area contributed by atoms with Crippen LogP contribution in [-0.4, -0.2) is 40.1 Å². The molecule has 8 nitrogen and oxygen atoms in total. The number of imidazole rings is 1. The average molecular weight is 396 g/mol. The van der Waals surface area contributed by atoms with E-state index in [0.29, 0.717) is 17.2 Å². The zero-order valence-corrected chi connectivity index (χ0v) is 15.7. The topological polar surface area (TPSA) is 109 Å². The molecule has 0 aliphatic rings. The first-order valence-electron chi connectivity index (χ1n) is 8.87. The first-order valence-corrected chi connectivity index (χ1v) is 9.75. The van der Waals surface area contributed by atoms with Crippen molar-refractivity contribution in [3.05, 3.63) is 60.5 Å². The highest BCUT2D eigenvalue weighted by Crippen LogP contribution is 2.32. The van der Waals surface area contributed by atoms with Crippen molar-refractivity contribution in [3.63, 3.8) is 0 Å². The van der Waals surface area contributed by atoms with Gasteiger partial charge in [0, 0.05) is 18.6 Å². The molecule has 29 heavy (non-hydrogen) atoms. The number of aromatic nitrogens is 8. The van der Waals surface area contributed by atoms with Gasteiger partial charge in [0.05, 0.1) is 27.8 Å². The van der Waals surface area contributed by atoms with Gasteiger partial charge in [-0.15, -0.1) is 11.3 Å². The van der Waals surface area contributed by atoms with Crippen molar-refractivity contribution in [2.45, 2.75) is 0 Å². The minimum atomic E-state index is 0.640. The van der Waals surface area contributed by atoms with Crippen LogP contribution in [0.5, 0.6) is 0 Å². The Balaban J connectivity index is 1.53. The number of H-pyrrole nitrogens is 2. The highest BCUT2D eigenvalue weighted by molar-refractivity contribution is 7.13. The van der Waals surface area contributed by atoms with Crippen molar-refractivity contribution in [2.75, 3.05) is 0 Å². The van der Waals surface area contributed by atoms with E-state index in [1.54, 1.807) is 36.1 Å². The summed E-state index contributed by atoms with van der Waals surface area (Å²) in [6.07, 6.45) is 6.76. The van der Waals surface area contributed by atoms with E-state index < -0.39 is 0 Å². The lowest BCUT2D eigenvalue weighted by Crippen LogP contribution is -1.89. The zero-order chi connectivity index (χ0) is 19.2. The van der Waals surface area contributed by atoms with Gasteiger partial charge >= 0.3 is 0 Å². The fraction of sp³-hybridized carbons (Fsp3) is 0. The van der Waals surface area contributed by atoms with Crippen LogP contribution in [-0.2, 0) is 0 Å². The molecule has 0 unspecified atom stereocenters. The predicted molar refractivity (Wildman–Crippen MR) is 111 cm³/mol. The maximum absolute atomic E-state index is 4.80. The molecule has 2 N–H and O–H groups in total. The summed E-state index contributed by atoms with van der Waals surface area (Å²) in [4.78, 5) is 27.0. The Morgan fingerprint density at radius 1 is 0.793 bits per heavy atom. The number of nitrogens with zero attached hydrogens (tertiary/aromatic N) is 6. The molecular formula is C20H12N8S. The van der Waals surface area contributed by atoms with E-state index >= 15 is 0 Å². The maximum Gasteiger partial charge on any atom is 0.161 e. The molecule has 0 spiro atoms. The van der Waals surface area contributed by atoms with Gasteiger partial charge in [-0.3, -0.25) is 20.1 Å². The number of hydrogen-bond donors (Lipinski definition) is 2. The van der Waals surface area contributed by atoms with Crippen LogP contribution in [0.1, 0.15) is 0 Å². The smallest absolute Gasteiger partial charge is 0.161 e. The standard InChI is InChI=1S/C20H12N8S/c1-2-15(29-9-1)18-16-12(5-6-23-18)25-20(26-16)19-17-13(27-28-19)4-3-11(24-17)14-10-21-7-8-22-14/h1-10H,(H,25,26)(H,27,28). The Morgan fingerprint density at radius 3 is 2.62 bits per heavy atom. The summed E-state index contributed by atoms with van der Waals surface area (Å²) in [5.74, 6) is 0.640. The first-order chi connectivity index (χ1) is 14.4. The summed E-state index contributed by atoms with van der Waals surface area (Å²) in [5.41, 5.74) is 6.20. The highest BCUT2D eigenvalue weighted by atomic mass is 32.1. The third-order valence-electron chi connectivity index (χ3n) is 4.61. The van der Waals surface area contributed by atoms with Crippen LogP contribution in [0.4, 0.5) is 0 Å². The number of rotatable bonds is 3. The fourth-order valence-electron chi connectivity index (χ4n) is 3.28. The van der Waals surface area contributed by atoms with Crippen molar-refractivity contribution in [1.29, 1.82) is 0 Å². The normalized spacial score (nSPS) is 11.4. The second-order valence-electron chi connectivity index (χ2n) is 6.37. The lowest BCUT2D eigenvalue weighted by atomic mass is 10.2. The van der Waals surface area contributed by atoms with Gasteiger partial charge in [0.1, 0.15) is 22.4 Å². The van der Waals surface area contributed by atoms with E-state index in [9.17, 15) is 0 Å². The van der Waals surface area contributed by atoms with Crippen LogP contribution in [0, 0.1) is 0 Å². The second kappa shape index (κ2) is 6.28. The summed E-state index contributed by atoms with van der Waals surface area (Å²) in [7, 11) is 0. The van der Waals surface area contributed by atoms with E-state index in [1.807, 2.05) is 35.7 Å². The number of pyridine rings is 2. The molecule has 0 atom stereocenters. The largest absolute Gasteiger partial charge is 0.336 e. The molecule has 0 bridgehead atoms. The van der Waals surface area contributed by atoms with Gasteiger partial charge in [0.25, 0.3) is 0 Å². The Bertz CT molecular complexity index is 1450. The van der Waals surface area contributed by atoms with Gasteiger partial charge in [0.2, 0.25) is 0 Å².